The molecule has 1 aromatic rings. The maximum Gasteiger partial charge on any atom is 0.306 e. The molecule has 0 amide bonds. The summed E-state index contributed by atoms with van der Waals surface area (Å²) in [5.74, 6) is -0.816. The first-order chi connectivity index (χ1) is 9.68. The second-order valence-corrected chi connectivity index (χ2v) is 6.19. The summed E-state index contributed by atoms with van der Waals surface area (Å²) in [6.07, 6.45) is 8.87. The Bertz CT molecular complexity index is 418. The molecular weight excluding hydrogens is 248 g/mol. The second-order valence-electron chi connectivity index (χ2n) is 6.19. The predicted octanol–water partition coefficient (Wildman–Crippen LogP) is 4.78. The topological polar surface area (TPSA) is 37.3 Å². The summed E-state index contributed by atoms with van der Waals surface area (Å²) < 4.78 is 0. The zero-order valence-corrected chi connectivity index (χ0v) is 12.5. The summed E-state index contributed by atoms with van der Waals surface area (Å²) in [4.78, 5) is 11.2. The number of carbonyl (C=O) groups is 1. The number of carboxylic acid groups (broad SMARTS) is 1. The van der Waals surface area contributed by atoms with Crippen LogP contribution in [0.5, 0.6) is 0 Å². The van der Waals surface area contributed by atoms with Crippen molar-refractivity contribution in [1.82, 2.24) is 0 Å². The molecule has 0 bridgehead atoms. The van der Waals surface area contributed by atoms with E-state index in [4.69, 9.17) is 0 Å². The Morgan fingerprint density at radius 1 is 1.20 bits per heavy atom. The molecular formula is C18H26O2. The Kier molecular flexibility index (Phi) is 5.22. The Labute approximate surface area is 122 Å². The van der Waals surface area contributed by atoms with Gasteiger partial charge >= 0.3 is 5.97 Å². The summed E-state index contributed by atoms with van der Waals surface area (Å²) >= 11 is 0. The molecule has 20 heavy (non-hydrogen) atoms. The highest BCUT2D eigenvalue weighted by Gasteiger charge is 2.34. The van der Waals surface area contributed by atoms with E-state index in [-0.39, 0.29) is 11.3 Å². The molecule has 1 fully saturated rings. The van der Waals surface area contributed by atoms with Gasteiger partial charge in [-0.15, -0.1) is 0 Å². The highest BCUT2D eigenvalue weighted by atomic mass is 16.4. The monoisotopic (exact) mass is 274 g/mol. The fourth-order valence-corrected chi connectivity index (χ4v) is 3.66. The zero-order chi connectivity index (χ0) is 14.4. The predicted molar refractivity (Wildman–Crippen MR) is 81.9 cm³/mol. The smallest absolute Gasteiger partial charge is 0.306 e. The molecule has 2 rings (SSSR count). The van der Waals surface area contributed by atoms with E-state index in [0.717, 1.165) is 19.3 Å². The third-order valence-corrected chi connectivity index (χ3v) is 5.01. The third kappa shape index (κ3) is 3.41. The highest BCUT2D eigenvalue weighted by Crippen LogP contribution is 2.43. The molecule has 0 heterocycles. The van der Waals surface area contributed by atoms with Crippen LogP contribution in [-0.2, 0) is 10.2 Å². The van der Waals surface area contributed by atoms with Gasteiger partial charge in [0.15, 0.2) is 0 Å². The second kappa shape index (κ2) is 6.92. The van der Waals surface area contributed by atoms with Gasteiger partial charge in [0.25, 0.3) is 0 Å². The van der Waals surface area contributed by atoms with Crippen LogP contribution in [0, 0.1) is 5.92 Å². The van der Waals surface area contributed by atoms with E-state index in [1.54, 1.807) is 0 Å². The van der Waals surface area contributed by atoms with Crippen molar-refractivity contribution in [2.75, 3.05) is 0 Å². The van der Waals surface area contributed by atoms with Crippen LogP contribution in [0.2, 0.25) is 0 Å². The molecule has 0 saturated heterocycles. The largest absolute Gasteiger partial charge is 0.481 e. The molecule has 1 N–H and O–H groups in total. The molecule has 1 aliphatic carbocycles. The van der Waals surface area contributed by atoms with E-state index >= 15 is 0 Å². The van der Waals surface area contributed by atoms with Crippen LogP contribution in [0.15, 0.2) is 30.3 Å². The maximum atomic E-state index is 11.2. The first-order valence-corrected chi connectivity index (χ1v) is 7.96. The molecule has 0 aromatic heterocycles. The fraction of sp³-hybridized carbons (Fsp3) is 0.611. The van der Waals surface area contributed by atoms with Crippen LogP contribution >= 0.6 is 0 Å². The van der Waals surface area contributed by atoms with Crippen LogP contribution in [0.1, 0.15) is 63.9 Å². The van der Waals surface area contributed by atoms with Gasteiger partial charge in [0.05, 0.1) is 5.92 Å². The van der Waals surface area contributed by atoms with E-state index in [9.17, 15) is 9.90 Å². The van der Waals surface area contributed by atoms with Crippen molar-refractivity contribution >= 4 is 5.97 Å². The molecule has 110 valence electrons. The summed E-state index contributed by atoms with van der Waals surface area (Å²) in [6.45, 7) is 1.98. The molecule has 0 spiro atoms. The van der Waals surface area contributed by atoms with Crippen molar-refractivity contribution in [1.29, 1.82) is 0 Å². The SMILES string of the molecule is CCC(CCC1(c2ccccc2)CCCCC1)C(=O)O. The lowest BCUT2D eigenvalue weighted by Gasteiger charge is -2.38. The molecule has 1 aromatic carbocycles. The van der Waals surface area contributed by atoms with E-state index in [0.29, 0.717) is 0 Å². The molecule has 0 aliphatic heterocycles. The highest BCUT2D eigenvalue weighted by molar-refractivity contribution is 5.69. The van der Waals surface area contributed by atoms with E-state index in [1.807, 2.05) is 6.92 Å². The lowest BCUT2D eigenvalue weighted by atomic mass is 9.66. The zero-order valence-electron chi connectivity index (χ0n) is 12.5. The van der Waals surface area contributed by atoms with Crippen LogP contribution in [0.3, 0.4) is 0 Å². The summed E-state index contributed by atoms with van der Waals surface area (Å²) in [7, 11) is 0. The lowest BCUT2D eigenvalue weighted by molar-refractivity contribution is -0.142. The molecule has 0 radical (unpaired) electrons. The quantitative estimate of drug-likeness (QED) is 0.810. The summed E-state index contributed by atoms with van der Waals surface area (Å²) in [5, 5.41) is 9.26. The fourth-order valence-electron chi connectivity index (χ4n) is 3.66. The van der Waals surface area contributed by atoms with Gasteiger partial charge < -0.3 is 5.11 Å². The standard InChI is InChI=1S/C18H26O2/c1-2-15(17(19)20)11-14-18(12-7-4-8-13-18)16-9-5-3-6-10-16/h3,5-6,9-10,15H,2,4,7-8,11-14H2,1H3,(H,19,20). The molecule has 1 aliphatic rings. The van der Waals surface area contributed by atoms with E-state index in [2.05, 4.69) is 30.3 Å². The average molecular weight is 274 g/mol. The van der Waals surface area contributed by atoms with Gasteiger partial charge in [-0.25, -0.2) is 0 Å². The van der Waals surface area contributed by atoms with Crippen molar-refractivity contribution in [3.05, 3.63) is 35.9 Å². The Hall–Kier alpha value is -1.31. The maximum absolute atomic E-state index is 11.2. The number of aliphatic carboxylic acids is 1. The Morgan fingerprint density at radius 3 is 2.40 bits per heavy atom. The number of rotatable bonds is 6. The Morgan fingerprint density at radius 2 is 1.85 bits per heavy atom. The first kappa shape index (κ1) is 15.1. The van der Waals surface area contributed by atoms with Crippen LogP contribution in [-0.4, -0.2) is 11.1 Å². The van der Waals surface area contributed by atoms with Gasteiger partial charge in [-0.1, -0.05) is 56.5 Å². The number of benzene rings is 1. The van der Waals surface area contributed by atoms with Crippen molar-refractivity contribution in [3.63, 3.8) is 0 Å². The van der Waals surface area contributed by atoms with Crippen LogP contribution in [0.25, 0.3) is 0 Å². The van der Waals surface area contributed by atoms with E-state index in [1.165, 1.54) is 37.7 Å². The summed E-state index contributed by atoms with van der Waals surface area (Å²) in [5.41, 5.74) is 1.64. The number of carboxylic acids is 1. The third-order valence-electron chi connectivity index (χ3n) is 5.01. The molecule has 1 atom stereocenters. The normalized spacial score (nSPS) is 19.4. The number of hydrogen-bond acceptors (Lipinski definition) is 1. The van der Waals surface area contributed by atoms with Gasteiger partial charge in [-0.05, 0) is 43.1 Å². The minimum Gasteiger partial charge on any atom is -0.481 e. The summed E-state index contributed by atoms with van der Waals surface area (Å²) in [6, 6.07) is 10.7. The molecule has 1 saturated carbocycles. The van der Waals surface area contributed by atoms with Crippen LogP contribution < -0.4 is 0 Å². The first-order valence-electron chi connectivity index (χ1n) is 7.96. The van der Waals surface area contributed by atoms with Crippen molar-refractivity contribution in [2.45, 2.75) is 63.7 Å². The van der Waals surface area contributed by atoms with Gasteiger partial charge in [-0.2, -0.15) is 0 Å². The van der Waals surface area contributed by atoms with Gasteiger partial charge in [-0.3, -0.25) is 4.79 Å². The van der Waals surface area contributed by atoms with Crippen molar-refractivity contribution in [2.24, 2.45) is 5.92 Å². The molecule has 2 heteroatoms. The van der Waals surface area contributed by atoms with Crippen molar-refractivity contribution in [3.8, 4) is 0 Å². The molecule has 1 unspecified atom stereocenters. The minimum atomic E-state index is -0.633. The van der Waals surface area contributed by atoms with Crippen LogP contribution in [0.4, 0.5) is 0 Å². The minimum absolute atomic E-state index is 0.183. The van der Waals surface area contributed by atoms with Gasteiger partial charge in [0.2, 0.25) is 0 Å². The average Bonchev–Trinajstić information content (AvgIpc) is 2.49. The van der Waals surface area contributed by atoms with Crippen molar-refractivity contribution < 1.29 is 9.90 Å². The van der Waals surface area contributed by atoms with Gasteiger partial charge in [0.1, 0.15) is 0 Å². The van der Waals surface area contributed by atoms with Gasteiger partial charge in [0, 0.05) is 0 Å². The molecule has 2 nitrogen and oxygen atoms in total. The Balaban J connectivity index is 2.14. The van der Waals surface area contributed by atoms with E-state index < -0.39 is 5.97 Å². The number of hydrogen-bond donors (Lipinski definition) is 1. The lowest BCUT2D eigenvalue weighted by Crippen LogP contribution is -2.30.